The monoisotopic (exact) mass is 143 g/mol. The molecule has 0 radical (unpaired) electrons. The predicted molar refractivity (Wildman–Crippen MR) is 39.3 cm³/mol. The summed E-state index contributed by atoms with van der Waals surface area (Å²) in [6.07, 6.45) is 2.30. The standard InChI is InChI=1S/C6H13N3O/c1-10-5(4-2-3-4)6(7)9-8/h4-5H,2-3,8H2,1H3,(H2,7,9). The van der Waals surface area contributed by atoms with E-state index in [9.17, 15) is 0 Å². The fourth-order valence-corrected chi connectivity index (χ4v) is 1.03. The summed E-state index contributed by atoms with van der Waals surface area (Å²) in [5, 5.41) is 3.39. The van der Waals surface area contributed by atoms with E-state index >= 15 is 0 Å². The van der Waals surface area contributed by atoms with Crippen LogP contribution in [-0.4, -0.2) is 19.0 Å². The third kappa shape index (κ3) is 1.39. The molecule has 0 saturated heterocycles. The second-order valence-electron chi connectivity index (χ2n) is 2.55. The van der Waals surface area contributed by atoms with Crippen LogP contribution in [0.2, 0.25) is 0 Å². The molecule has 1 atom stereocenters. The molecule has 0 aromatic heterocycles. The van der Waals surface area contributed by atoms with Gasteiger partial charge in [0.1, 0.15) is 11.9 Å². The summed E-state index contributed by atoms with van der Waals surface area (Å²) < 4.78 is 5.09. The molecule has 1 aliphatic carbocycles. The fraction of sp³-hybridized carbons (Fsp3) is 0.833. The van der Waals surface area contributed by atoms with E-state index in [-0.39, 0.29) is 6.10 Å². The molecule has 4 N–H and O–H groups in total. The minimum absolute atomic E-state index is 0.0509. The van der Waals surface area contributed by atoms with Crippen molar-refractivity contribution in [2.75, 3.05) is 7.11 Å². The van der Waals surface area contributed by atoms with Crippen molar-refractivity contribution in [3.05, 3.63) is 0 Å². The summed E-state index contributed by atoms with van der Waals surface area (Å²) in [5.74, 6) is 5.96. The zero-order chi connectivity index (χ0) is 7.56. The van der Waals surface area contributed by atoms with Crippen molar-refractivity contribution >= 4 is 5.84 Å². The molecular formula is C6H13N3O. The predicted octanol–water partition coefficient (Wildman–Crippen LogP) is -0.358. The summed E-state index contributed by atoms with van der Waals surface area (Å²) >= 11 is 0. The van der Waals surface area contributed by atoms with E-state index < -0.39 is 0 Å². The number of hydrogen-bond acceptors (Lipinski definition) is 3. The van der Waals surface area contributed by atoms with Gasteiger partial charge in [-0.25, -0.2) is 0 Å². The topological polar surface area (TPSA) is 73.6 Å². The maximum Gasteiger partial charge on any atom is 0.148 e. The zero-order valence-corrected chi connectivity index (χ0v) is 6.08. The van der Waals surface area contributed by atoms with Gasteiger partial charge in [0.25, 0.3) is 0 Å². The summed E-state index contributed by atoms with van der Waals surface area (Å²) in [5.41, 5.74) is 5.47. The van der Waals surface area contributed by atoms with E-state index in [1.54, 1.807) is 7.11 Å². The summed E-state index contributed by atoms with van der Waals surface area (Å²) in [6.45, 7) is 0. The Morgan fingerprint density at radius 1 is 1.70 bits per heavy atom. The van der Waals surface area contributed by atoms with Crippen LogP contribution < -0.4 is 11.6 Å². The van der Waals surface area contributed by atoms with Crippen LogP contribution in [0, 0.1) is 5.92 Å². The van der Waals surface area contributed by atoms with Crippen molar-refractivity contribution < 1.29 is 4.74 Å². The van der Waals surface area contributed by atoms with Gasteiger partial charge in [-0.3, -0.25) is 0 Å². The first kappa shape index (κ1) is 7.34. The number of hydrogen-bond donors (Lipinski definition) is 2. The minimum Gasteiger partial charge on any atom is -0.384 e. The number of nitrogens with two attached hydrogens (primary N) is 2. The van der Waals surface area contributed by atoms with Crippen molar-refractivity contribution in [2.24, 2.45) is 22.6 Å². The van der Waals surface area contributed by atoms with Gasteiger partial charge in [-0.05, 0) is 18.8 Å². The molecule has 1 rings (SSSR count). The van der Waals surface area contributed by atoms with E-state index in [4.69, 9.17) is 16.3 Å². The van der Waals surface area contributed by atoms with Gasteiger partial charge in [-0.1, -0.05) is 0 Å². The maximum atomic E-state index is 5.47. The Labute approximate surface area is 60.2 Å². The highest BCUT2D eigenvalue weighted by Crippen LogP contribution is 2.33. The normalized spacial score (nSPS) is 22.7. The Kier molecular flexibility index (Phi) is 2.11. The number of methoxy groups -OCH3 is 1. The maximum absolute atomic E-state index is 5.47. The highest BCUT2D eigenvalue weighted by Gasteiger charge is 2.33. The van der Waals surface area contributed by atoms with E-state index in [1.165, 1.54) is 12.8 Å². The Morgan fingerprint density at radius 3 is 2.60 bits per heavy atom. The lowest BCUT2D eigenvalue weighted by Crippen LogP contribution is -2.33. The van der Waals surface area contributed by atoms with Crippen molar-refractivity contribution in [3.8, 4) is 0 Å². The lowest BCUT2D eigenvalue weighted by Gasteiger charge is -2.11. The highest BCUT2D eigenvalue weighted by atomic mass is 16.5. The first-order valence-corrected chi connectivity index (χ1v) is 3.35. The van der Waals surface area contributed by atoms with E-state index in [0.29, 0.717) is 11.8 Å². The molecule has 1 saturated carbocycles. The fourth-order valence-electron chi connectivity index (χ4n) is 1.03. The van der Waals surface area contributed by atoms with Crippen LogP contribution in [-0.2, 0) is 4.74 Å². The molecule has 0 heterocycles. The van der Waals surface area contributed by atoms with Crippen molar-refractivity contribution in [1.29, 1.82) is 0 Å². The van der Waals surface area contributed by atoms with Crippen molar-refractivity contribution in [3.63, 3.8) is 0 Å². The molecular weight excluding hydrogens is 130 g/mol. The number of rotatable bonds is 3. The van der Waals surface area contributed by atoms with Gasteiger partial charge in [0.15, 0.2) is 0 Å². The largest absolute Gasteiger partial charge is 0.384 e. The summed E-state index contributed by atoms with van der Waals surface area (Å²) in [6, 6.07) is 0. The van der Waals surface area contributed by atoms with Crippen LogP contribution in [0.1, 0.15) is 12.8 Å². The molecule has 0 spiro atoms. The molecule has 0 aromatic carbocycles. The molecule has 4 nitrogen and oxygen atoms in total. The van der Waals surface area contributed by atoms with Gasteiger partial charge in [0.2, 0.25) is 0 Å². The van der Waals surface area contributed by atoms with Gasteiger partial charge < -0.3 is 16.3 Å². The molecule has 0 amide bonds. The Balaban J connectivity index is 2.46. The second kappa shape index (κ2) is 2.88. The lowest BCUT2D eigenvalue weighted by molar-refractivity contribution is 0.137. The smallest absolute Gasteiger partial charge is 0.148 e. The average molecular weight is 143 g/mol. The Morgan fingerprint density at radius 2 is 2.30 bits per heavy atom. The van der Waals surface area contributed by atoms with Crippen LogP contribution in [0.4, 0.5) is 0 Å². The number of ether oxygens (including phenoxy) is 1. The number of amidine groups is 1. The highest BCUT2D eigenvalue weighted by molar-refractivity contribution is 5.85. The van der Waals surface area contributed by atoms with Gasteiger partial charge in [0, 0.05) is 7.11 Å². The van der Waals surface area contributed by atoms with E-state index in [2.05, 4.69) is 5.10 Å². The molecule has 0 bridgehead atoms. The average Bonchev–Trinajstić information content (AvgIpc) is 2.73. The minimum atomic E-state index is -0.0509. The molecule has 0 aliphatic heterocycles. The van der Waals surface area contributed by atoms with Gasteiger partial charge in [-0.15, -0.1) is 0 Å². The molecule has 10 heavy (non-hydrogen) atoms. The SMILES string of the molecule is COC(C(N)=NN)C1CC1. The lowest BCUT2D eigenvalue weighted by atomic mass is 10.2. The van der Waals surface area contributed by atoms with Gasteiger partial charge in [-0.2, -0.15) is 5.10 Å². The molecule has 1 unspecified atom stereocenters. The zero-order valence-electron chi connectivity index (χ0n) is 6.08. The van der Waals surface area contributed by atoms with Crippen LogP contribution in [0.15, 0.2) is 5.10 Å². The molecule has 58 valence electrons. The third-order valence-electron chi connectivity index (χ3n) is 1.74. The Bertz CT molecular complexity index is 142. The first-order valence-electron chi connectivity index (χ1n) is 3.35. The van der Waals surface area contributed by atoms with Crippen LogP contribution >= 0.6 is 0 Å². The van der Waals surface area contributed by atoms with Crippen LogP contribution in [0.5, 0.6) is 0 Å². The molecule has 1 fully saturated rings. The van der Waals surface area contributed by atoms with E-state index in [0.717, 1.165) is 0 Å². The van der Waals surface area contributed by atoms with Crippen LogP contribution in [0.3, 0.4) is 0 Å². The molecule has 0 aromatic rings. The van der Waals surface area contributed by atoms with Crippen LogP contribution in [0.25, 0.3) is 0 Å². The quantitative estimate of drug-likeness (QED) is 0.245. The molecule has 1 aliphatic rings. The summed E-state index contributed by atoms with van der Waals surface area (Å²) in [4.78, 5) is 0. The number of nitrogens with zero attached hydrogens (tertiary/aromatic N) is 1. The summed E-state index contributed by atoms with van der Waals surface area (Å²) in [7, 11) is 1.63. The van der Waals surface area contributed by atoms with Crippen molar-refractivity contribution in [2.45, 2.75) is 18.9 Å². The van der Waals surface area contributed by atoms with E-state index in [1.807, 2.05) is 0 Å². The first-order chi connectivity index (χ1) is 4.79. The van der Waals surface area contributed by atoms with Gasteiger partial charge in [0.05, 0.1) is 0 Å². The van der Waals surface area contributed by atoms with Gasteiger partial charge >= 0.3 is 0 Å². The number of hydrazone groups is 1. The second-order valence-corrected chi connectivity index (χ2v) is 2.55. The third-order valence-corrected chi connectivity index (χ3v) is 1.74. The Hall–Kier alpha value is -0.770. The molecule has 4 heteroatoms. The van der Waals surface area contributed by atoms with Crippen molar-refractivity contribution in [1.82, 2.24) is 0 Å².